The number of pyridine rings is 2. The summed E-state index contributed by atoms with van der Waals surface area (Å²) in [6, 6.07) is 32.4. The number of aryl methyl sites for hydroxylation is 1. The number of piperidine rings is 1. The van der Waals surface area contributed by atoms with Crippen LogP contribution in [0.25, 0.3) is 5.70 Å². The zero-order valence-electron chi connectivity index (χ0n) is 23.4. The summed E-state index contributed by atoms with van der Waals surface area (Å²) in [6.07, 6.45) is 5.70. The number of carbonyl (C=O) groups is 1. The minimum atomic E-state index is 0.126. The summed E-state index contributed by atoms with van der Waals surface area (Å²) in [7, 11) is 0. The highest BCUT2D eigenvalue weighted by atomic mass is 16.1. The first-order chi connectivity index (χ1) is 20.1. The molecule has 2 aromatic carbocycles. The molecule has 1 aliphatic heterocycles. The van der Waals surface area contributed by atoms with Crippen LogP contribution in [-0.4, -0.2) is 40.9 Å². The van der Waals surface area contributed by atoms with Crippen molar-refractivity contribution in [2.45, 2.75) is 32.1 Å². The van der Waals surface area contributed by atoms with Gasteiger partial charge in [-0.05, 0) is 86.1 Å². The van der Waals surface area contributed by atoms with E-state index in [0.29, 0.717) is 6.54 Å². The van der Waals surface area contributed by atoms with Crippen molar-refractivity contribution in [3.8, 4) is 0 Å². The lowest BCUT2D eigenvalue weighted by Crippen LogP contribution is -2.41. The van der Waals surface area contributed by atoms with Crippen LogP contribution in [0.1, 0.15) is 37.1 Å². The molecule has 0 saturated carbocycles. The number of aromatic nitrogens is 2. The molecule has 5 rings (SSSR count). The summed E-state index contributed by atoms with van der Waals surface area (Å²) in [5.41, 5.74) is 5.06. The van der Waals surface area contributed by atoms with E-state index in [2.05, 4.69) is 39.6 Å². The number of nitrogens with zero attached hydrogens (tertiary/aromatic N) is 3. The molecule has 1 saturated heterocycles. The zero-order valence-corrected chi connectivity index (χ0v) is 23.4. The van der Waals surface area contributed by atoms with Crippen molar-refractivity contribution in [3.63, 3.8) is 0 Å². The Morgan fingerprint density at radius 3 is 2.02 bits per heavy atom. The number of benzene rings is 2. The van der Waals surface area contributed by atoms with Crippen molar-refractivity contribution in [1.29, 1.82) is 0 Å². The molecule has 1 fully saturated rings. The molecular weight excluding hydrogens is 508 g/mol. The number of rotatable bonds is 13. The molecule has 7 nitrogen and oxygen atoms in total. The highest BCUT2D eigenvalue weighted by Gasteiger charge is 2.34. The molecule has 0 unspecified atom stereocenters. The Labute approximate surface area is 242 Å². The quantitative estimate of drug-likeness (QED) is 0.127. The van der Waals surface area contributed by atoms with E-state index in [-0.39, 0.29) is 5.41 Å². The van der Waals surface area contributed by atoms with Crippen molar-refractivity contribution < 1.29 is 4.79 Å². The van der Waals surface area contributed by atoms with E-state index in [4.69, 9.17) is 9.97 Å². The fraction of sp³-hybridized carbons (Fsp3) is 0.265. The Morgan fingerprint density at radius 1 is 0.780 bits per heavy atom. The molecule has 7 heteroatoms. The van der Waals surface area contributed by atoms with E-state index in [1.807, 2.05) is 84.9 Å². The number of carbonyl (C=O) groups excluding carboxylic acids is 1. The number of hydrogen-bond acceptors (Lipinski definition) is 6. The number of amides is 1. The molecule has 41 heavy (non-hydrogen) atoms. The van der Waals surface area contributed by atoms with E-state index in [0.717, 1.165) is 91.7 Å². The molecule has 0 bridgehead atoms. The van der Waals surface area contributed by atoms with Crippen LogP contribution < -0.4 is 16.0 Å². The van der Waals surface area contributed by atoms with Crippen molar-refractivity contribution in [2.24, 2.45) is 5.41 Å². The summed E-state index contributed by atoms with van der Waals surface area (Å²) >= 11 is 0. The Kier molecular flexibility index (Phi) is 9.26. The van der Waals surface area contributed by atoms with Gasteiger partial charge in [-0.2, -0.15) is 0 Å². The number of likely N-dealkylation sites (tertiary alicyclic amines) is 1. The molecule has 4 aromatic rings. The second-order valence-corrected chi connectivity index (χ2v) is 10.7. The van der Waals surface area contributed by atoms with Gasteiger partial charge in [-0.15, -0.1) is 0 Å². The van der Waals surface area contributed by atoms with Crippen molar-refractivity contribution in [1.82, 2.24) is 20.2 Å². The number of hydrogen-bond donors (Lipinski definition) is 3. The van der Waals surface area contributed by atoms with Crippen LogP contribution in [0.15, 0.2) is 104 Å². The lowest BCUT2D eigenvalue weighted by atomic mass is 9.72. The van der Waals surface area contributed by atoms with E-state index in [1.54, 1.807) is 0 Å². The van der Waals surface area contributed by atoms with E-state index >= 15 is 0 Å². The van der Waals surface area contributed by atoms with Crippen molar-refractivity contribution in [3.05, 3.63) is 115 Å². The summed E-state index contributed by atoms with van der Waals surface area (Å²) in [5.74, 6) is 1.66. The molecule has 3 heterocycles. The van der Waals surface area contributed by atoms with Gasteiger partial charge in [-0.3, -0.25) is 4.79 Å². The van der Waals surface area contributed by atoms with Gasteiger partial charge in [0, 0.05) is 36.7 Å². The van der Waals surface area contributed by atoms with Crippen LogP contribution in [0.4, 0.5) is 23.0 Å². The largest absolute Gasteiger partial charge is 0.370 e. The topological polar surface area (TPSA) is 82.2 Å². The Hall–Kier alpha value is -4.65. The second-order valence-electron chi connectivity index (χ2n) is 10.7. The molecular formula is C34H38N6O. The van der Waals surface area contributed by atoms with Crippen LogP contribution >= 0.6 is 0 Å². The molecule has 3 N–H and O–H groups in total. The molecule has 0 radical (unpaired) electrons. The monoisotopic (exact) mass is 546 g/mol. The molecule has 0 spiro atoms. The zero-order chi connectivity index (χ0) is 28.3. The first-order valence-corrected chi connectivity index (χ1v) is 14.3. The molecule has 1 amide bonds. The Morgan fingerprint density at radius 2 is 1.39 bits per heavy atom. The number of nitrogens with one attached hydrogen (secondary N) is 3. The van der Waals surface area contributed by atoms with Crippen molar-refractivity contribution in [2.75, 3.05) is 30.3 Å². The summed E-state index contributed by atoms with van der Waals surface area (Å²) in [5, 5.41) is 9.66. The maximum atomic E-state index is 11.0. The minimum absolute atomic E-state index is 0.126. The summed E-state index contributed by atoms with van der Waals surface area (Å²) in [6.45, 7) is 6.91. The summed E-state index contributed by atoms with van der Waals surface area (Å²) in [4.78, 5) is 23.1. The fourth-order valence-corrected chi connectivity index (χ4v) is 5.52. The fourth-order valence-electron chi connectivity index (χ4n) is 5.52. The van der Waals surface area contributed by atoms with Gasteiger partial charge in [-0.1, -0.05) is 55.1 Å². The average Bonchev–Trinajstić information content (AvgIpc) is 3.02. The predicted octanol–water partition coefficient (Wildman–Crippen LogP) is 6.79. The van der Waals surface area contributed by atoms with Crippen LogP contribution in [0, 0.1) is 5.41 Å². The van der Waals surface area contributed by atoms with E-state index in [9.17, 15) is 4.79 Å². The summed E-state index contributed by atoms with van der Waals surface area (Å²) < 4.78 is 0. The van der Waals surface area contributed by atoms with Gasteiger partial charge < -0.3 is 20.9 Å². The number of anilines is 4. The van der Waals surface area contributed by atoms with Gasteiger partial charge in [0.15, 0.2) is 0 Å². The molecule has 2 aromatic heterocycles. The van der Waals surface area contributed by atoms with Crippen molar-refractivity contribution >= 4 is 35.1 Å². The maximum absolute atomic E-state index is 11.0. The third-order valence-electron chi connectivity index (χ3n) is 7.94. The number of para-hydroxylation sites is 2. The van der Waals surface area contributed by atoms with Gasteiger partial charge in [0.1, 0.15) is 11.6 Å². The molecule has 0 aliphatic carbocycles. The lowest BCUT2D eigenvalue weighted by molar-refractivity contribution is -0.109. The third-order valence-corrected chi connectivity index (χ3v) is 7.94. The van der Waals surface area contributed by atoms with Gasteiger partial charge in [0.2, 0.25) is 6.41 Å². The van der Waals surface area contributed by atoms with Crippen LogP contribution in [0.2, 0.25) is 0 Å². The van der Waals surface area contributed by atoms with Gasteiger partial charge >= 0.3 is 0 Å². The Bertz CT molecular complexity index is 1420. The third kappa shape index (κ3) is 7.72. The predicted molar refractivity (Wildman–Crippen MR) is 167 cm³/mol. The van der Waals surface area contributed by atoms with Crippen LogP contribution in [0.5, 0.6) is 0 Å². The van der Waals surface area contributed by atoms with Crippen LogP contribution in [-0.2, 0) is 11.2 Å². The van der Waals surface area contributed by atoms with E-state index in [1.165, 1.54) is 0 Å². The van der Waals surface area contributed by atoms with Gasteiger partial charge in [0.05, 0.1) is 11.4 Å². The van der Waals surface area contributed by atoms with Gasteiger partial charge in [-0.25, -0.2) is 9.97 Å². The standard InChI is InChI=1S/C34H38N6O/c1-27(31-15-9-17-33(39-31)37-29-12-6-3-7-13-29)40-24-21-34(22-25-40,20-23-35-26-41)19-18-30-14-8-16-32(38-30)36-28-10-4-2-5-11-28/h2-17,26H,1,18-25H2,(H,35,41)(H,36,38)(H,37,39). The smallest absolute Gasteiger partial charge is 0.207 e. The SMILES string of the molecule is C=C(c1cccc(Nc2ccccc2)n1)N1CCC(CCNC=O)(CCc2cccc(Nc3ccccc3)n2)CC1. The minimum Gasteiger partial charge on any atom is -0.370 e. The van der Waals surface area contributed by atoms with E-state index < -0.39 is 0 Å². The normalized spacial score (nSPS) is 14.2. The second kappa shape index (κ2) is 13.6. The highest BCUT2D eigenvalue weighted by molar-refractivity contribution is 5.63. The molecule has 210 valence electrons. The lowest BCUT2D eigenvalue weighted by Gasteiger charge is -2.43. The first kappa shape index (κ1) is 27.9. The Balaban J connectivity index is 1.21. The molecule has 1 aliphatic rings. The molecule has 0 atom stereocenters. The highest BCUT2D eigenvalue weighted by Crippen LogP contribution is 2.41. The van der Waals surface area contributed by atoms with Crippen LogP contribution in [0.3, 0.4) is 0 Å². The average molecular weight is 547 g/mol. The first-order valence-electron chi connectivity index (χ1n) is 14.3. The van der Waals surface area contributed by atoms with Gasteiger partial charge in [0.25, 0.3) is 0 Å². The maximum Gasteiger partial charge on any atom is 0.207 e.